The molecule has 1 atom stereocenters. The first-order valence-corrected chi connectivity index (χ1v) is 7.80. The molecule has 1 N–H and O–H groups in total. The third kappa shape index (κ3) is 4.72. The summed E-state index contributed by atoms with van der Waals surface area (Å²) in [6.45, 7) is 0. The molecule has 1 unspecified atom stereocenters. The lowest BCUT2D eigenvalue weighted by Gasteiger charge is -2.23. The van der Waals surface area contributed by atoms with Gasteiger partial charge in [0.05, 0.1) is 6.10 Å². The SMILES string of the molecule is OC(CCc1ccccc1)CC1CCSCC1. The summed E-state index contributed by atoms with van der Waals surface area (Å²) >= 11 is 2.05. The normalized spacial score (nSPS) is 19.1. The molecule has 2 rings (SSSR count). The van der Waals surface area contributed by atoms with Crippen molar-refractivity contribution in [3.8, 4) is 0 Å². The fourth-order valence-electron chi connectivity index (χ4n) is 2.46. The van der Waals surface area contributed by atoms with Gasteiger partial charge < -0.3 is 5.11 Å². The number of aryl methyl sites for hydroxylation is 1. The van der Waals surface area contributed by atoms with Crippen molar-refractivity contribution in [3.63, 3.8) is 0 Å². The molecule has 1 aliphatic rings. The average Bonchev–Trinajstić information content (AvgIpc) is 2.39. The van der Waals surface area contributed by atoms with E-state index in [4.69, 9.17) is 0 Å². The van der Waals surface area contributed by atoms with Gasteiger partial charge in [0.2, 0.25) is 0 Å². The summed E-state index contributed by atoms with van der Waals surface area (Å²) in [4.78, 5) is 0. The van der Waals surface area contributed by atoms with Crippen LogP contribution >= 0.6 is 11.8 Å². The second-order valence-corrected chi connectivity index (χ2v) is 6.19. The van der Waals surface area contributed by atoms with Crippen LogP contribution in [0.25, 0.3) is 0 Å². The van der Waals surface area contributed by atoms with Crippen molar-refractivity contribution in [1.82, 2.24) is 0 Å². The Labute approximate surface area is 109 Å². The Kier molecular flexibility index (Phi) is 5.40. The van der Waals surface area contributed by atoms with Crippen molar-refractivity contribution in [3.05, 3.63) is 35.9 Å². The van der Waals surface area contributed by atoms with E-state index in [-0.39, 0.29) is 6.10 Å². The van der Waals surface area contributed by atoms with Gasteiger partial charge in [0.25, 0.3) is 0 Å². The molecule has 1 saturated heterocycles. The van der Waals surface area contributed by atoms with Crippen molar-refractivity contribution in [2.45, 2.75) is 38.2 Å². The average molecular weight is 250 g/mol. The number of hydrogen-bond acceptors (Lipinski definition) is 2. The van der Waals surface area contributed by atoms with E-state index in [1.807, 2.05) is 6.07 Å². The van der Waals surface area contributed by atoms with Gasteiger partial charge >= 0.3 is 0 Å². The van der Waals surface area contributed by atoms with Gasteiger partial charge in [-0.05, 0) is 55.1 Å². The largest absolute Gasteiger partial charge is 0.393 e. The fourth-order valence-corrected chi connectivity index (χ4v) is 3.67. The Balaban J connectivity index is 1.68. The van der Waals surface area contributed by atoms with Crippen LogP contribution in [-0.2, 0) is 6.42 Å². The summed E-state index contributed by atoms with van der Waals surface area (Å²) in [7, 11) is 0. The maximum absolute atomic E-state index is 10.1. The summed E-state index contributed by atoms with van der Waals surface area (Å²) < 4.78 is 0. The maximum atomic E-state index is 10.1. The molecule has 0 bridgehead atoms. The van der Waals surface area contributed by atoms with E-state index in [1.54, 1.807) is 0 Å². The summed E-state index contributed by atoms with van der Waals surface area (Å²) in [5, 5.41) is 10.1. The van der Waals surface area contributed by atoms with Crippen LogP contribution in [0.5, 0.6) is 0 Å². The monoisotopic (exact) mass is 250 g/mol. The van der Waals surface area contributed by atoms with Gasteiger partial charge in [-0.15, -0.1) is 0 Å². The molecule has 0 spiro atoms. The molecule has 1 heterocycles. The number of hydrogen-bond donors (Lipinski definition) is 1. The van der Waals surface area contributed by atoms with Gasteiger partial charge in [-0.1, -0.05) is 30.3 Å². The Morgan fingerprint density at radius 1 is 1.18 bits per heavy atom. The van der Waals surface area contributed by atoms with E-state index in [9.17, 15) is 5.11 Å². The van der Waals surface area contributed by atoms with Crippen molar-refractivity contribution in [2.24, 2.45) is 5.92 Å². The zero-order chi connectivity index (χ0) is 11.9. The molecular formula is C15H22OS. The summed E-state index contributed by atoms with van der Waals surface area (Å²) in [5.41, 5.74) is 1.34. The second kappa shape index (κ2) is 7.07. The smallest absolute Gasteiger partial charge is 0.0546 e. The van der Waals surface area contributed by atoms with E-state index < -0.39 is 0 Å². The number of aliphatic hydroxyl groups is 1. The predicted octanol–water partition coefficient (Wildman–Crippen LogP) is 3.51. The molecule has 0 saturated carbocycles. The lowest BCUT2D eigenvalue weighted by molar-refractivity contribution is 0.130. The standard InChI is InChI=1S/C15H22OS/c16-15(12-14-8-10-17-11-9-14)7-6-13-4-2-1-3-5-13/h1-5,14-16H,6-12H2. The molecule has 94 valence electrons. The minimum atomic E-state index is -0.108. The minimum absolute atomic E-state index is 0.108. The lowest BCUT2D eigenvalue weighted by Crippen LogP contribution is -2.18. The first-order valence-electron chi connectivity index (χ1n) is 6.64. The van der Waals surface area contributed by atoms with Crippen LogP contribution in [0.4, 0.5) is 0 Å². The Morgan fingerprint density at radius 3 is 2.59 bits per heavy atom. The zero-order valence-electron chi connectivity index (χ0n) is 10.3. The fraction of sp³-hybridized carbons (Fsp3) is 0.600. The molecule has 17 heavy (non-hydrogen) atoms. The Bertz CT molecular complexity index is 306. The topological polar surface area (TPSA) is 20.2 Å². The first kappa shape index (κ1) is 13.0. The number of thioether (sulfide) groups is 1. The second-order valence-electron chi connectivity index (χ2n) is 4.97. The molecular weight excluding hydrogens is 228 g/mol. The molecule has 2 heteroatoms. The quantitative estimate of drug-likeness (QED) is 0.863. The van der Waals surface area contributed by atoms with Crippen molar-refractivity contribution in [1.29, 1.82) is 0 Å². The molecule has 1 aromatic rings. The highest BCUT2D eigenvalue weighted by molar-refractivity contribution is 7.99. The Hall–Kier alpha value is -0.470. The molecule has 0 radical (unpaired) electrons. The third-order valence-electron chi connectivity index (χ3n) is 3.56. The molecule has 1 fully saturated rings. The van der Waals surface area contributed by atoms with Crippen LogP contribution in [0.15, 0.2) is 30.3 Å². The van der Waals surface area contributed by atoms with Crippen molar-refractivity contribution < 1.29 is 5.11 Å². The van der Waals surface area contributed by atoms with Crippen LogP contribution in [-0.4, -0.2) is 22.7 Å². The van der Waals surface area contributed by atoms with E-state index in [0.29, 0.717) is 0 Å². The number of rotatable bonds is 5. The zero-order valence-corrected chi connectivity index (χ0v) is 11.2. The van der Waals surface area contributed by atoms with Crippen molar-refractivity contribution >= 4 is 11.8 Å². The lowest BCUT2D eigenvalue weighted by atomic mass is 9.93. The molecule has 1 nitrogen and oxygen atoms in total. The third-order valence-corrected chi connectivity index (χ3v) is 4.60. The van der Waals surface area contributed by atoms with Gasteiger partial charge in [0, 0.05) is 0 Å². The highest BCUT2D eigenvalue weighted by Gasteiger charge is 2.17. The van der Waals surface area contributed by atoms with Gasteiger partial charge in [0.1, 0.15) is 0 Å². The maximum Gasteiger partial charge on any atom is 0.0546 e. The highest BCUT2D eigenvalue weighted by Crippen LogP contribution is 2.27. The summed E-state index contributed by atoms with van der Waals surface area (Å²) in [6.07, 6.45) is 5.41. The van der Waals surface area contributed by atoms with E-state index in [1.165, 1.54) is 29.9 Å². The van der Waals surface area contributed by atoms with Gasteiger partial charge in [0.15, 0.2) is 0 Å². The van der Waals surface area contributed by atoms with Crippen LogP contribution in [0.3, 0.4) is 0 Å². The number of benzene rings is 1. The predicted molar refractivity (Wildman–Crippen MR) is 75.4 cm³/mol. The van der Waals surface area contributed by atoms with Crippen LogP contribution in [0.2, 0.25) is 0 Å². The van der Waals surface area contributed by atoms with Gasteiger partial charge in [-0.3, -0.25) is 0 Å². The van der Waals surface area contributed by atoms with E-state index >= 15 is 0 Å². The molecule has 0 amide bonds. The first-order chi connectivity index (χ1) is 8.34. The van der Waals surface area contributed by atoms with Gasteiger partial charge in [-0.25, -0.2) is 0 Å². The molecule has 0 aromatic heterocycles. The molecule has 0 aliphatic carbocycles. The van der Waals surface area contributed by atoms with Crippen LogP contribution < -0.4 is 0 Å². The highest BCUT2D eigenvalue weighted by atomic mass is 32.2. The molecule has 1 aliphatic heterocycles. The Morgan fingerprint density at radius 2 is 1.88 bits per heavy atom. The van der Waals surface area contributed by atoms with Crippen LogP contribution in [0, 0.1) is 5.92 Å². The van der Waals surface area contributed by atoms with Crippen LogP contribution in [0.1, 0.15) is 31.2 Å². The molecule has 1 aromatic carbocycles. The van der Waals surface area contributed by atoms with Crippen molar-refractivity contribution in [2.75, 3.05) is 11.5 Å². The van der Waals surface area contributed by atoms with E-state index in [2.05, 4.69) is 36.0 Å². The summed E-state index contributed by atoms with van der Waals surface area (Å²) in [6, 6.07) is 10.5. The van der Waals surface area contributed by atoms with Gasteiger partial charge in [-0.2, -0.15) is 11.8 Å². The minimum Gasteiger partial charge on any atom is -0.393 e. The summed E-state index contributed by atoms with van der Waals surface area (Å²) in [5.74, 6) is 3.34. The van der Waals surface area contributed by atoms with E-state index in [0.717, 1.165) is 25.2 Å². The number of aliphatic hydroxyl groups excluding tert-OH is 1.